The first-order chi connectivity index (χ1) is 8.41. The molecule has 4 heteroatoms. The van der Waals surface area contributed by atoms with Gasteiger partial charge in [0.1, 0.15) is 5.76 Å². The molecule has 0 unspecified atom stereocenters. The number of nitrogens with zero attached hydrogens (tertiary/aromatic N) is 1. The fourth-order valence-corrected chi connectivity index (χ4v) is 3.04. The van der Waals surface area contributed by atoms with Gasteiger partial charge >= 0.3 is 0 Å². The van der Waals surface area contributed by atoms with Gasteiger partial charge in [-0.2, -0.15) is 0 Å². The van der Waals surface area contributed by atoms with E-state index in [1.165, 1.54) is 4.88 Å². The van der Waals surface area contributed by atoms with Crippen molar-refractivity contribution in [2.75, 3.05) is 6.54 Å². The van der Waals surface area contributed by atoms with Gasteiger partial charge in [-0.05, 0) is 44.4 Å². The molecule has 2 heterocycles. The Morgan fingerprint density at radius 1 is 1.33 bits per heavy atom. The molecule has 0 aliphatic carbocycles. The zero-order chi connectivity index (χ0) is 13.3. The average Bonchev–Trinajstić information content (AvgIpc) is 2.86. The summed E-state index contributed by atoms with van der Waals surface area (Å²) in [6, 6.07) is 3.95. The second kappa shape index (κ2) is 4.86. The maximum absolute atomic E-state index is 5.79. The fourth-order valence-electron chi connectivity index (χ4n) is 1.75. The summed E-state index contributed by atoms with van der Waals surface area (Å²) >= 11 is 1.71. The van der Waals surface area contributed by atoms with Gasteiger partial charge in [0.05, 0.1) is 5.69 Å². The van der Waals surface area contributed by atoms with Gasteiger partial charge in [-0.15, -0.1) is 11.3 Å². The molecule has 0 spiro atoms. The Hall–Kier alpha value is -1.13. The monoisotopic (exact) mass is 264 g/mol. The van der Waals surface area contributed by atoms with Crippen molar-refractivity contribution in [3.63, 3.8) is 0 Å². The van der Waals surface area contributed by atoms with Crippen molar-refractivity contribution in [2.45, 2.75) is 34.1 Å². The van der Waals surface area contributed by atoms with Crippen LogP contribution in [0.3, 0.4) is 0 Å². The van der Waals surface area contributed by atoms with Crippen LogP contribution in [0.25, 0.3) is 10.8 Å². The smallest absolute Gasteiger partial charge is 0.162 e. The van der Waals surface area contributed by atoms with Crippen molar-refractivity contribution in [1.82, 2.24) is 4.98 Å². The highest BCUT2D eigenvalue weighted by Gasteiger charge is 2.21. The molecule has 0 atom stereocenters. The van der Waals surface area contributed by atoms with Gasteiger partial charge in [-0.3, -0.25) is 0 Å². The van der Waals surface area contributed by atoms with Crippen LogP contribution in [0.1, 0.15) is 30.2 Å². The van der Waals surface area contributed by atoms with Crippen molar-refractivity contribution in [2.24, 2.45) is 11.1 Å². The molecule has 2 aromatic heterocycles. The number of nitrogens with two attached hydrogens (primary N) is 1. The van der Waals surface area contributed by atoms with Crippen LogP contribution in [0.15, 0.2) is 16.5 Å². The Balaban J connectivity index is 2.27. The van der Waals surface area contributed by atoms with Crippen LogP contribution < -0.4 is 5.73 Å². The number of furan rings is 1. The van der Waals surface area contributed by atoms with Gasteiger partial charge in [0.25, 0.3) is 0 Å². The van der Waals surface area contributed by atoms with Crippen molar-refractivity contribution in [1.29, 1.82) is 0 Å². The van der Waals surface area contributed by atoms with E-state index < -0.39 is 0 Å². The maximum Gasteiger partial charge on any atom is 0.162 e. The normalized spacial score (nSPS) is 12.1. The molecule has 0 aliphatic heterocycles. The number of aryl methyl sites for hydroxylation is 2. The number of rotatable bonds is 4. The molecule has 2 N–H and O–H groups in total. The summed E-state index contributed by atoms with van der Waals surface area (Å²) in [6.07, 6.45) is 0.965. The summed E-state index contributed by atoms with van der Waals surface area (Å²) in [5, 5.41) is 0.962. The van der Waals surface area contributed by atoms with Crippen molar-refractivity contribution in [3.05, 3.63) is 28.5 Å². The standard InChI is InChI=1S/C14H20N2OS/c1-9-5-6-11(17-9)13-16-10(2)12(18-13)7-14(3,4)8-15/h5-6H,7-8,15H2,1-4H3. The first-order valence-corrected chi connectivity index (χ1v) is 6.96. The van der Waals surface area contributed by atoms with E-state index in [2.05, 4.69) is 25.8 Å². The molecule has 0 fully saturated rings. The van der Waals surface area contributed by atoms with Gasteiger partial charge in [-0.25, -0.2) is 4.98 Å². The van der Waals surface area contributed by atoms with Crippen LogP contribution >= 0.6 is 11.3 Å². The SMILES string of the molecule is Cc1ccc(-c2nc(C)c(CC(C)(C)CN)s2)o1. The lowest BCUT2D eigenvalue weighted by Crippen LogP contribution is -2.25. The predicted octanol–water partition coefficient (Wildman–Crippen LogP) is 3.55. The molecule has 98 valence electrons. The van der Waals surface area contributed by atoms with Crippen LogP contribution in [0, 0.1) is 19.3 Å². The van der Waals surface area contributed by atoms with E-state index in [1.807, 2.05) is 19.1 Å². The average molecular weight is 264 g/mol. The second-order valence-electron chi connectivity index (χ2n) is 5.48. The van der Waals surface area contributed by atoms with Gasteiger partial charge < -0.3 is 10.2 Å². The van der Waals surface area contributed by atoms with Crippen LogP contribution in [-0.4, -0.2) is 11.5 Å². The fraction of sp³-hybridized carbons (Fsp3) is 0.500. The molecular formula is C14H20N2OS. The van der Waals surface area contributed by atoms with E-state index in [0.29, 0.717) is 6.54 Å². The lowest BCUT2D eigenvalue weighted by molar-refractivity contribution is 0.379. The van der Waals surface area contributed by atoms with Crippen molar-refractivity contribution in [3.8, 4) is 10.8 Å². The molecule has 2 rings (SSSR count). The van der Waals surface area contributed by atoms with Crippen LogP contribution in [0.5, 0.6) is 0 Å². The molecule has 0 saturated heterocycles. The summed E-state index contributed by atoms with van der Waals surface area (Å²) < 4.78 is 5.62. The largest absolute Gasteiger partial charge is 0.459 e. The molecule has 2 aromatic rings. The zero-order valence-electron chi connectivity index (χ0n) is 11.4. The molecule has 0 saturated carbocycles. The van der Waals surface area contributed by atoms with Gasteiger partial charge in [0, 0.05) is 4.88 Å². The number of aromatic nitrogens is 1. The minimum Gasteiger partial charge on any atom is -0.459 e. The summed E-state index contributed by atoms with van der Waals surface area (Å²) in [7, 11) is 0. The maximum atomic E-state index is 5.79. The van der Waals surface area contributed by atoms with Gasteiger partial charge in [-0.1, -0.05) is 13.8 Å². The van der Waals surface area contributed by atoms with E-state index in [-0.39, 0.29) is 5.41 Å². The third-order valence-corrected chi connectivity index (χ3v) is 4.21. The summed E-state index contributed by atoms with van der Waals surface area (Å²) in [6.45, 7) is 9.05. The predicted molar refractivity (Wildman–Crippen MR) is 75.8 cm³/mol. The zero-order valence-corrected chi connectivity index (χ0v) is 12.2. The van der Waals surface area contributed by atoms with Crippen LogP contribution in [-0.2, 0) is 6.42 Å². The topological polar surface area (TPSA) is 52.0 Å². The molecule has 0 aromatic carbocycles. The third kappa shape index (κ3) is 2.82. The third-order valence-electron chi connectivity index (χ3n) is 3.04. The Kier molecular flexibility index (Phi) is 3.59. The lowest BCUT2D eigenvalue weighted by Gasteiger charge is -2.21. The quantitative estimate of drug-likeness (QED) is 0.918. The van der Waals surface area contributed by atoms with E-state index in [1.54, 1.807) is 11.3 Å². The van der Waals surface area contributed by atoms with E-state index in [9.17, 15) is 0 Å². The summed E-state index contributed by atoms with van der Waals surface area (Å²) in [5.41, 5.74) is 7.00. The Morgan fingerprint density at radius 2 is 2.06 bits per heavy atom. The number of hydrogen-bond donors (Lipinski definition) is 1. The van der Waals surface area contributed by atoms with Crippen molar-refractivity contribution >= 4 is 11.3 Å². The van der Waals surface area contributed by atoms with E-state index in [4.69, 9.17) is 10.2 Å². The van der Waals surface area contributed by atoms with Crippen LogP contribution in [0.2, 0.25) is 0 Å². The molecule has 0 bridgehead atoms. The lowest BCUT2D eigenvalue weighted by atomic mass is 9.88. The van der Waals surface area contributed by atoms with Gasteiger partial charge in [0.15, 0.2) is 10.8 Å². The van der Waals surface area contributed by atoms with Crippen LogP contribution in [0.4, 0.5) is 0 Å². The Morgan fingerprint density at radius 3 is 2.61 bits per heavy atom. The number of thiazole rings is 1. The van der Waals surface area contributed by atoms with Gasteiger partial charge in [0.2, 0.25) is 0 Å². The molecule has 0 aliphatic rings. The molecule has 0 radical (unpaired) electrons. The highest BCUT2D eigenvalue weighted by atomic mass is 32.1. The summed E-state index contributed by atoms with van der Waals surface area (Å²) in [4.78, 5) is 5.90. The van der Waals surface area contributed by atoms with Crippen molar-refractivity contribution < 1.29 is 4.42 Å². The Bertz CT molecular complexity index is 540. The molecule has 18 heavy (non-hydrogen) atoms. The highest BCUT2D eigenvalue weighted by molar-refractivity contribution is 7.15. The number of hydrogen-bond acceptors (Lipinski definition) is 4. The molecule has 3 nitrogen and oxygen atoms in total. The second-order valence-corrected chi connectivity index (χ2v) is 6.57. The first-order valence-electron chi connectivity index (χ1n) is 6.14. The minimum absolute atomic E-state index is 0.119. The highest BCUT2D eigenvalue weighted by Crippen LogP contribution is 2.32. The molecule has 0 amide bonds. The molecular weight excluding hydrogens is 244 g/mol. The Labute approximate surface area is 112 Å². The van der Waals surface area contributed by atoms with E-state index in [0.717, 1.165) is 28.6 Å². The minimum atomic E-state index is 0.119. The first kappa shape index (κ1) is 13.3. The summed E-state index contributed by atoms with van der Waals surface area (Å²) in [5.74, 6) is 1.78. The van der Waals surface area contributed by atoms with E-state index >= 15 is 0 Å².